The van der Waals surface area contributed by atoms with E-state index in [-0.39, 0.29) is 11.4 Å². The van der Waals surface area contributed by atoms with Crippen LogP contribution in [0.1, 0.15) is 56.7 Å². The van der Waals surface area contributed by atoms with Gasteiger partial charge in [0.1, 0.15) is 5.01 Å². The number of carbonyl (C=O) groups is 1. The van der Waals surface area contributed by atoms with Gasteiger partial charge in [-0.1, -0.05) is 31.2 Å². The Balaban J connectivity index is 1.24. The molecule has 1 aromatic carbocycles. The minimum Gasteiger partial charge on any atom is -0.350 e. The molecule has 4 fully saturated rings. The number of hydrogen-bond donors (Lipinski definition) is 1. The van der Waals surface area contributed by atoms with E-state index in [0.29, 0.717) is 6.42 Å². The van der Waals surface area contributed by atoms with E-state index < -0.39 is 0 Å². The number of nitrogens with zero attached hydrogens (tertiary/aromatic N) is 1. The quantitative estimate of drug-likeness (QED) is 0.793. The molecule has 4 bridgehead atoms. The zero-order valence-electron chi connectivity index (χ0n) is 16.0. The first kappa shape index (κ1) is 17.4. The lowest BCUT2D eigenvalue weighted by molar-refractivity contribution is -0.126. The highest BCUT2D eigenvalue weighted by Crippen LogP contribution is 2.55. The first-order valence-corrected chi connectivity index (χ1v) is 11.3. The van der Waals surface area contributed by atoms with Crippen molar-refractivity contribution in [2.45, 2.75) is 63.8 Å². The molecule has 2 aromatic rings. The third-order valence-electron chi connectivity index (χ3n) is 6.95. The van der Waals surface area contributed by atoms with E-state index in [9.17, 15) is 4.79 Å². The fourth-order valence-corrected chi connectivity index (χ4v) is 7.00. The Hall–Kier alpha value is -1.68. The fraction of sp³-hybridized carbons (Fsp3) is 0.565. The second-order valence-electron chi connectivity index (χ2n) is 9.12. The second-order valence-corrected chi connectivity index (χ2v) is 9.98. The Kier molecular flexibility index (Phi) is 4.34. The Morgan fingerprint density at radius 1 is 1.11 bits per heavy atom. The Bertz CT molecular complexity index is 803. The number of carbonyl (C=O) groups excluding carboxylic acids is 1. The van der Waals surface area contributed by atoms with Crippen molar-refractivity contribution in [1.29, 1.82) is 0 Å². The summed E-state index contributed by atoms with van der Waals surface area (Å²) in [5, 5.41) is 6.52. The number of rotatable bonds is 5. The number of thiazole rings is 1. The molecular weight excluding hydrogens is 352 g/mol. The average Bonchev–Trinajstić information content (AvgIpc) is 3.08. The SMILES string of the molecule is CCc1ccc(-c2nc(CC(=O)NC34CC5CC(CC(C5)C3)C4)cs2)cc1. The summed E-state index contributed by atoms with van der Waals surface area (Å²) in [6, 6.07) is 8.60. The molecule has 0 radical (unpaired) electrons. The van der Waals surface area contributed by atoms with Gasteiger partial charge in [-0.2, -0.15) is 0 Å². The third kappa shape index (κ3) is 3.44. The zero-order valence-corrected chi connectivity index (χ0v) is 16.9. The van der Waals surface area contributed by atoms with E-state index >= 15 is 0 Å². The molecule has 4 aliphatic carbocycles. The monoisotopic (exact) mass is 380 g/mol. The highest BCUT2D eigenvalue weighted by Gasteiger charge is 2.51. The molecule has 4 heteroatoms. The van der Waals surface area contributed by atoms with E-state index in [0.717, 1.165) is 40.4 Å². The number of aryl methyl sites for hydroxylation is 1. The summed E-state index contributed by atoms with van der Waals surface area (Å²) in [4.78, 5) is 17.5. The van der Waals surface area contributed by atoms with Gasteiger partial charge in [0.15, 0.2) is 0 Å². The van der Waals surface area contributed by atoms with Crippen LogP contribution in [-0.2, 0) is 17.6 Å². The minimum atomic E-state index is 0.0979. The number of nitrogens with one attached hydrogen (secondary N) is 1. The average molecular weight is 381 g/mol. The van der Waals surface area contributed by atoms with Gasteiger partial charge in [-0.3, -0.25) is 4.79 Å². The van der Waals surface area contributed by atoms with Crippen molar-refractivity contribution in [2.75, 3.05) is 0 Å². The molecule has 0 saturated heterocycles. The normalized spacial score (nSPS) is 31.2. The molecule has 1 heterocycles. The van der Waals surface area contributed by atoms with Gasteiger partial charge in [0.05, 0.1) is 12.1 Å². The van der Waals surface area contributed by atoms with Gasteiger partial charge >= 0.3 is 0 Å². The summed E-state index contributed by atoms with van der Waals surface area (Å²) in [6.07, 6.45) is 9.29. The van der Waals surface area contributed by atoms with E-state index in [2.05, 4.69) is 36.5 Å². The maximum Gasteiger partial charge on any atom is 0.226 e. The molecule has 6 rings (SSSR count). The van der Waals surface area contributed by atoms with Crippen molar-refractivity contribution in [3.05, 3.63) is 40.9 Å². The smallest absolute Gasteiger partial charge is 0.226 e. The van der Waals surface area contributed by atoms with E-state index in [4.69, 9.17) is 4.98 Å². The predicted molar refractivity (Wildman–Crippen MR) is 110 cm³/mol. The molecule has 3 nitrogen and oxygen atoms in total. The topological polar surface area (TPSA) is 42.0 Å². The van der Waals surface area contributed by atoms with Crippen LogP contribution >= 0.6 is 11.3 Å². The van der Waals surface area contributed by atoms with E-state index in [1.165, 1.54) is 44.1 Å². The molecule has 1 aromatic heterocycles. The predicted octanol–water partition coefficient (Wildman–Crippen LogP) is 5.00. The fourth-order valence-electron chi connectivity index (χ4n) is 6.17. The maximum atomic E-state index is 12.8. The summed E-state index contributed by atoms with van der Waals surface area (Å²) >= 11 is 1.64. The summed E-state index contributed by atoms with van der Waals surface area (Å²) in [5.74, 6) is 2.73. The Morgan fingerprint density at radius 2 is 1.74 bits per heavy atom. The summed E-state index contributed by atoms with van der Waals surface area (Å²) < 4.78 is 0. The number of hydrogen-bond acceptors (Lipinski definition) is 3. The van der Waals surface area contributed by atoms with Crippen molar-refractivity contribution in [2.24, 2.45) is 17.8 Å². The van der Waals surface area contributed by atoms with E-state index in [1.807, 2.05) is 5.38 Å². The first-order valence-electron chi connectivity index (χ1n) is 10.5. The summed E-state index contributed by atoms with van der Waals surface area (Å²) in [7, 11) is 0. The number of benzene rings is 1. The summed E-state index contributed by atoms with van der Waals surface area (Å²) in [5.41, 5.74) is 3.48. The van der Waals surface area contributed by atoms with Crippen LogP contribution in [0.3, 0.4) is 0 Å². The van der Waals surface area contributed by atoms with Crippen molar-refractivity contribution in [3.63, 3.8) is 0 Å². The lowest BCUT2D eigenvalue weighted by atomic mass is 9.53. The molecule has 0 atom stereocenters. The van der Waals surface area contributed by atoms with Gasteiger partial charge in [-0.15, -0.1) is 11.3 Å². The van der Waals surface area contributed by atoms with Crippen LogP contribution in [0.25, 0.3) is 10.6 Å². The molecule has 1 amide bonds. The third-order valence-corrected chi connectivity index (χ3v) is 7.89. The highest BCUT2D eigenvalue weighted by molar-refractivity contribution is 7.13. The molecule has 142 valence electrons. The molecule has 1 N–H and O–H groups in total. The highest BCUT2D eigenvalue weighted by atomic mass is 32.1. The zero-order chi connectivity index (χ0) is 18.4. The molecular formula is C23H28N2OS. The van der Waals surface area contributed by atoms with Crippen LogP contribution in [-0.4, -0.2) is 16.4 Å². The lowest BCUT2D eigenvalue weighted by Crippen LogP contribution is -2.60. The van der Waals surface area contributed by atoms with Crippen LogP contribution in [0.4, 0.5) is 0 Å². The lowest BCUT2D eigenvalue weighted by Gasteiger charge is -2.56. The van der Waals surface area contributed by atoms with Gasteiger partial charge in [0.2, 0.25) is 5.91 Å². The Labute approximate surface area is 165 Å². The van der Waals surface area contributed by atoms with Gasteiger partial charge in [-0.05, 0) is 68.3 Å². The van der Waals surface area contributed by atoms with Crippen molar-refractivity contribution in [1.82, 2.24) is 10.3 Å². The van der Waals surface area contributed by atoms with Gasteiger partial charge in [0, 0.05) is 16.5 Å². The van der Waals surface area contributed by atoms with Crippen LogP contribution in [0.5, 0.6) is 0 Å². The van der Waals surface area contributed by atoms with Crippen molar-refractivity contribution < 1.29 is 4.79 Å². The molecule has 27 heavy (non-hydrogen) atoms. The molecule has 0 aliphatic heterocycles. The van der Waals surface area contributed by atoms with Crippen molar-refractivity contribution >= 4 is 17.2 Å². The molecule has 0 spiro atoms. The van der Waals surface area contributed by atoms with Crippen LogP contribution in [0.2, 0.25) is 0 Å². The summed E-state index contributed by atoms with van der Waals surface area (Å²) in [6.45, 7) is 2.17. The van der Waals surface area contributed by atoms with Gasteiger partial charge in [0.25, 0.3) is 0 Å². The number of aromatic nitrogens is 1. The molecule has 4 saturated carbocycles. The van der Waals surface area contributed by atoms with Crippen LogP contribution < -0.4 is 5.32 Å². The Morgan fingerprint density at radius 3 is 2.33 bits per heavy atom. The minimum absolute atomic E-state index is 0.0979. The van der Waals surface area contributed by atoms with Gasteiger partial charge in [-0.25, -0.2) is 4.98 Å². The molecule has 4 aliphatic rings. The second kappa shape index (κ2) is 6.73. The first-order chi connectivity index (χ1) is 13.1. The van der Waals surface area contributed by atoms with Crippen LogP contribution in [0.15, 0.2) is 29.6 Å². The van der Waals surface area contributed by atoms with E-state index in [1.54, 1.807) is 11.3 Å². The molecule has 0 unspecified atom stereocenters. The maximum absolute atomic E-state index is 12.8. The van der Waals surface area contributed by atoms with Crippen molar-refractivity contribution in [3.8, 4) is 10.6 Å². The number of amides is 1. The standard InChI is InChI=1S/C23H28N2OS/c1-2-15-3-5-19(6-4-15)22-24-20(14-27-22)10-21(26)25-23-11-16-7-17(12-23)9-18(8-16)13-23/h3-6,14,16-18H,2,7-13H2,1H3,(H,25,26). The van der Waals surface area contributed by atoms with Gasteiger partial charge < -0.3 is 5.32 Å². The van der Waals surface area contributed by atoms with Crippen LogP contribution in [0, 0.1) is 17.8 Å². The largest absolute Gasteiger partial charge is 0.350 e.